The Labute approximate surface area is 113 Å². The van der Waals surface area contributed by atoms with Gasteiger partial charge in [-0.25, -0.2) is 4.79 Å². The lowest BCUT2D eigenvalue weighted by Gasteiger charge is -2.21. The predicted octanol–water partition coefficient (Wildman–Crippen LogP) is 2.75. The minimum absolute atomic E-state index is 0.208. The molecule has 1 unspecified atom stereocenters. The quantitative estimate of drug-likeness (QED) is 0.865. The zero-order valence-electron chi connectivity index (χ0n) is 11.4. The predicted molar refractivity (Wildman–Crippen MR) is 74.9 cm³/mol. The molecule has 5 heteroatoms. The highest BCUT2D eigenvalue weighted by Crippen LogP contribution is 2.08. The average Bonchev–Trinajstić information content (AvgIpc) is 2.74. The molecule has 18 heavy (non-hydrogen) atoms. The van der Waals surface area contributed by atoms with Gasteiger partial charge in [0.1, 0.15) is 5.60 Å². The average molecular weight is 270 g/mol. The van der Waals surface area contributed by atoms with Gasteiger partial charge in [0.25, 0.3) is 0 Å². The Balaban J connectivity index is 2.17. The van der Waals surface area contributed by atoms with Gasteiger partial charge in [-0.1, -0.05) is 6.07 Å². The van der Waals surface area contributed by atoms with Crippen LogP contribution in [0.1, 0.15) is 32.6 Å². The van der Waals surface area contributed by atoms with Crippen LogP contribution in [-0.2, 0) is 11.3 Å². The molecule has 1 atom stereocenters. The minimum Gasteiger partial charge on any atom is -0.444 e. The molecule has 0 aliphatic rings. The molecule has 1 amide bonds. The number of thiophene rings is 1. The Morgan fingerprint density at radius 3 is 2.78 bits per heavy atom. The highest BCUT2D eigenvalue weighted by molar-refractivity contribution is 7.09. The monoisotopic (exact) mass is 270 g/mol. The van der Waals surface area contributed by atoms with Crippen LogP contribution in [0.25, 0.3) is 0 Å². The molecule has 0 radical (unpaired) electrons. The van der Waals surface area contributed by atoms with Crippen molar-refractivity contribution in [3.63, 3.8) is 0 Å². The number of nitrogens with one attached hydrogen (secondary N) is 2. The molecular formula is C13H22N2O2S. The van der Waals surface area contributed by atoms with Crippen molar-refractivity contribution in [1.29, 1.82) is 0 Å². The largest absolute Gasteiger partial charge is 0.444 e. The van der Waals surface area contributed by atoms with E-state index in [4.69, 9.17) is 4.74 Å². The highest BCUT2D eigenvalue weighted by Gasteiger charge is 2.16. The third-order valence-corrected chi connectivity index (χ3v) is 3.03. The van der Waals surface area contributed by atoms with Gasteiger partial charge in [-0.05, 0) is 39.1 Å². The second-order valence-electron chi connectivity index (χ2n) is 5.24. The van der Waals surface area contributed by atoms with E-state index in [0.29, 0.717) is 6.54 Å². The molecule has 0 bridgehead atoms. The van der Waals surface area contributed by atoms with Gasteiger partial charge in [-0.2, -0.15) is 0 Å². The van der Waals surface area contributed by atoms with Crippen LogP contribution < -0.4 is 10.6 Å². The first-order valence-corrected chi connectivity index (χ1v) is 6.97. The van der Waals surface area contributed by atoms with Crippen molar-refractivity contribution in [1.82, 2.24) is 10.6 Å². The van der Waals surface area contributed by atoms with E-state index < -0.39 is 5.60 Å². The molecule has 0 saturated heterocycles. The maximum Gasteiger partial charge on any atom is 0.407 e. The van der Waals surface area contributed by atoms with Crippen LogP contribution in [-0.4, -0.2) is 24.3 Å². The second kappa shape index (κ2) is 6.75. The lowest BCUT2D eigenvalue weighted by atomic mass is 10.2. The van der Waals surface area contributed by atoms with E-state index in [2.05, 4.69) is 22.1 Å². The van der Waals surface area contributed by atoms with Crippen molar-refractivity contribution >= 4 is 17.4 Å². The molecule has 1 rings (SSSR count). The van der Waals surface area contributed by atoms with Crippen LogP contribution in [0.2, 0.25) is 0 Å². The van der Waals surface area contributed by atoms with E-state index in [1.54, 1.807) is 11.3 Å². The number of alkyl carbamates (subject to hydrolysis) is 1. The van der Waals surface area contributed by atoms with Gasteiger partial charge in [0.05, 0.1) is 0 Å². The Morgan fingerprint density at radius 1 is 1.50 bits per heavy atom. The van der Waals surface area contributed by atoms with Crippen LogP contribution >= 0.6 is 11.3 Å². The Bertz CT molecular complexity index is 358. The van der Waals surface area contributed by atoms with Crippen LogP contribution in [0.15, 0.2) is 17.5 Å². The second-order valence-corrected chi connectivity index (χ2v) is 6.28. The highest BCUT2D eigenvalue weighted by atomic mass is 32.1. The number of carbonyl (C=O) groups excluding carboxylic acids is 1. The van der Waals surface area contributed by atoms with Crippen LogP contribution in [0.4, 0.5) is 4.79 Å². The maximum absolute atomic E-state index is 11.4. The standard InChI is InChI=1S/C13H22N2O2S/c1-10(14-9-11-6-5-7-18-11)8-15-12(16)17-13(2,3)4/h5-7,10,14H,8-9H2,1-4H3,(H,15,16). The van der Waals surface area contributed by atoms with E-state index in [1.165, 1.54) is 4.88 Å². The number of hydrogen-bond donors (Lipinski definition) is 2. The molecule has 4 nitrogen and oxygen atoms in total. The smallest absolute Gasteiger partial charge is 0.407 e. The molecular weight excluding hydrogens is 248 g/mol. The SMILES string of the molecule is CC(CNC(=O)OC(C)(C)C)NCc1cccs1. The summed E-state index contributed by atoms with van der Waals surface area (Å²) in [7, 11) is 0. The van der Waals surface area contributed by atoms with E-state index in [-0.39, 0.29) is 12.1 Å². The molecule has 0 saturated carbocycles. The number of hydrogen-bond acceptors (Lipinski definition) is 4. The van der Waals surface area contributed by atoms with Gasteiger partial charge < -0.3 is 15.4 Å². The minimum atomic E-state index is -0.447. The van der Waals surface area contributed by atoms with Crippen LogP contribution in [0, 0.1) is 0 Å². The summed E-state index contributed by atoms with van der Waals surface area (Å²) in [6, 6.07) is 4.33. The first-order valence-electron chi connectivity index (χ1n) is 6.09. The number of carbonyl (C=O) groups is 1. The summed E-state index contributed by atoms with van der Waals surface area (Å²) in [6.07, 6.45) is -0.368. The van der Waals surface area contributed by atoms with Gasteiger partial charge in [0, 0.05) is 24.0 Å². The molecule has 1 aromatic rings. The Morgan fingerprint density at radius 2 is 2.22 bits per heavy atom. The molecule has 0 aromatic carbocycles. The van der Waals surface area contributed by atoms with Gasteiger partial charge in [-0.3, -0.25) is 0 Å². The van der Waals surface area contributed by atoms with Gasteiger partial charge in [0.15, 0.2) is 0 Å². The van der Waals surface area contributed by atoms with Crippen LogP contribution in [0.5, 0.6) is 0 Å². The fraction of sp³-hybridized carbons (Fsp3) is 0.615. The normalized spacial score (nSPS) is 13.1. The number of amides is 1. The summed E-state index contributed by atoms with van der Waals surface area (Å²) >= 11 is 1.72. The zero-order valence-corrected chi connectivity index (χ0v) is 12.3. The summed E-state index contributed by atoms with van der Waals surface area (Å²) in [5.41, 5.74) is -0.447. The van der Waals surface area contributed by atoms with Crippen molar-refractivity contribution in [2.24, 2.45) is 0 Å². The van der Waals surface area contributed by atoms with Crippen molar-refractivity contribution in [3.8, 4) is 0 Å². The maximum atomic E-state index is 11.4. The summed E-state index contributed by atoms with van der Waals surface area (Å²) in [5, 5.41) is 8.15. The molecule has 1 aromatic heterocycles. The fourth-order valence-corrected chi connectivity index (χ4v) is 1.97. The molecule has 1 heterocycles. The van der Waals surface area contributed by atoms with Gasteiger partial charge >= 0.3 is 6.09 Å². The van der Waals surface area contributed by atoms with E-state index in [9.17, 15) is 4.79 Å². The van der Waals surface area contributed by atoms with Crippen LogP contribution in [0.3, 0.4) is 0 Å². The number of ether oxygens (including phenoxy) is 1. The molecule has 102 valence electrons. The van der Waals surface area contributed by atoms with E-state index >= 15 is 0 Å². The van der Waals surface area contributed by atoms with Crippen molar-refractivity contribution < 1.29 is 9.53 Å². The number of rotatable bonds is 5. The Kier molecular flexibility index (Phi) is 5.62. The summed E-state index contributed by atoms with van der Waals surface area (Å²) < 4.78 is 5.16. The molecule has 0 aliphatic heterocycles. The van der Waals surface area contributed by atoms with E-state index in [0.717, 1.165) is 6.54 Å². The molecule has 2 N–H and O–H groups in total. The zero-order chi connectivity index (χ0) is 13.6. The van der Waals surface area contributed by atoms with Crippen molar-refractivity contribution in [3.05, 3.63) is 22.4 Å². The molecule has 0 aliphatic carbocycles. The summed E-state index contributed by atoms with van der Waals surface area (Å²) in [5.74, 6) is 0. The Hall–Kier alpha value is -1.07. The summed E-state index contributed by atoms with van der Waals surface area (Å²) in [4.78, 5) is 12.7. The summed E-state index contributed by atoms with van der Waals surface area (Å²) in [6.45, 7) is 8.97. The van der Waals surface area contributed by atoms with Crippen molar-refractivity contribution in [2.45, 2.75) is 45.9 Å². The van der Waals surface area contributed by atoms with Crippen molar-refractivity contribution in [2.75, 3.05) is 6.54 Å². The lowest BCUT2D eigenvalue weighted by Crippen LogP contribution is -2.40. The molecule has 0 spiro atoms. The third-order valence-electron chi connectivity index (χ3n) is 2.16. The topological polar surface area (TPSA) is 50.4 Å². The fourth-order valence-electron chi connectivity index (χ4n) is 1.31. The molecule has 0 fully saturated rings. The third kappa shape index (κ3) is 6.61. The van der Waals surface area contributed by atoms with E-state index in [1.807, 2.05) is 33.8 Å². The van der Waals surface area contributed by atoms with Gasteiger partial charge in [-0.15, -0.1) is 11.3 Å². The lowest BCUT2D eigenvalue weighted by molar-refractivity contribution is 0.0523. The first kappa shape index (κ1) is 15.0. The van der Waals surface area contributed by atoms with Gasteiger partial charge in [0.2, 0.25) is 0 Å². The first-order chi connectivity index (χ1) is 8.37.